The lowest BCUT2D eigenvalue weighted by molar-refractivity contribution is -0.162. The predicted octanol–water partition coefficient (Wildman–Crippen LogP) is 1.88. The molecule has 102 valence electrons. The van der Waals surface area contributed by atoms with Crippen LogP contribution >= 0.6 is 0 Å². The van der Waals surface area contributed by atoms with E-state index in [-0.39, 0.29) is 29.8 Å². The Labute approximate surface area is 108 Å². The first-order valence-corrected chi connectivity index (χ1v) is 6.78. The van der Waals surface area contributed by atoms with Crippen molar-refractivity contribution >= 4 is 11.9 Å². The fraction of sp³-hybridized carbons (Fsp3) is 0.857. The molecule has 2 aliphatic rings. The quantitative estimate of drug-likeness (QED) is 0.764. The molecule has 0 radical (unpaired) electrons. The number of nitrogens with one attached hydrogen (secondary N) is 1. The van der Waals surface area contributed by atoms with Crippen molar-refractivity contribution in [3.8, 4) is 0 Å². The number of esters is 1. The van der Waals surface area contributed by atoms with Gasteiger partial charge in [-0.1, -0.05) is 0 Å². The van der Waals surface area contributed by atoms with Gasteiger partial charge in [-0.25, -0.2) is 0 Å². The van der Waals surface area contributed by atoms with Gasteiger partial charge in [-0.05, 0) is 51.9 Å². The van der Waals surface area contributed by atoms with Crippen molar-refractivity contribution in [3.63, 3.8) is 0 Å². The monoisotopic (exact) mass is 253 g/mol. The number of carbonyl (C=O) groups is 2. The molecule has 2 bridgehead atoms. The summed E-state index contributed by atoms with van der Waals surface area (Å²) < 4.78 is 5.48. The molecular formula is C14H23NO3. The van der Waals surface area contributed by atoms with E-state index in [1.807, 2.05) is 20.8 Å². The van der Waals surface area contributed by atoms with E-state index in [0.717, 1.165) is 19.3 Å². The molecule has 4 heteroatoms. The molecular weight excluding hydrogens is 230 g/mol. The Bertz CT molecular complexity index is 359. The van der Waals surface area contributed by atoms with Crippen LogP contribution in [0.25, 0.3) is 0 Å². The summed E-state index contributed by atoms with van der Waals surface area (Å²) in [5.74, 6) is 0.608. The molecule has 4 unspecified atom stereocenters. The van der Waals surface area contributed by atoms with Crippen molar-refractivity contribution in [1.29, 1.82) is 0 Å². The molecule has 0 aromatic carbocycles. The van der Waals surface area contributed by atoms with Crippen LogP contribution in [0.15, 0.2) is 0 Å². The summed E-state index contributed by atoms with van der Waals surface area (Å²) in [5, 5.41) is 3.00. The molecule has 0 heterocycles. The summed E-state index contributed by atoms with van der Waals surface area (Å²) in [6.45, 7) is 7.22. The van der Waals surface area contributed by atoms with Gasteiger partial charge in [0.05, 0.1) is 5.92 Å². The Hall–Kier alpha value is -1.06. The Morgan fingerprint density at radius 1 is 1.22 bits per heavy atom. The van der Waals surface area contributed by atoms with E-state index in [4.69, 9.17) is 4.74 Å². The lowest BCUT2D eigenvalue weighted by Crippen LogP contribution is -2.39. The Kier molecular flexibility index (Phi) is 3.39. The third-order valence-electron chi connectivity index (χ3n) is 3.99. The molecule has 2 rings (SSSR count). The first-order chi connectivity index (χ1) is 8.28. The standard InChI is InChI=1S/C14H23NO3/c1-8(16)15-12-9-5-6-10(12)11(7-9)13(17)18-14(2,3)4/h9-12H,5-7H2,1-4H3,(H,15,16). The van der Waals surface area contributed by atoms with Gasteiger partial charge in [-0.3, -0.25) is 9.59 Å². The molecule has 0 aromatic heterocycles. The summed E-state index contributed by atoms with van der Waals surface area (Å²) >= 11 is 0. The highest BCUT2D eigenvalue weighted by Gasteiger charge is 2.52. The number of hydrogen-bond acceptors (Lipinski definition) is 3. The molecule has 18 heavy (non-hydrogen) atoms. The molecule has 1 amide bonds. The maximum Gasteiger partial charge on any atom is 0.309 e. The molecule has 0 aromatic rings. The Morgan fingerprint density at radius 3 is 2.44 bits per heavy atom. The van der Waals surface area contributed by atoms with Crippen molar-refractivity contribution in [2.75, 3.05) is 0 Å². The van der Waals surface area contributed by atoms with Crippen molar-refractivity contribution in [2.24, 2.45) is 17.8 Å². The Balaban J connectivity index is 2.01. The van der Waals surface area contributed by atoms with Gasteiger partial charge in [0.1, 0.15) is 5.60 Å². The van der Waals surface area contributed by atoms with Crippen molar-refractivity contribution in [1.82, 2.24) is 5.32 Å². The fourth-order valence-electron chi connectivity index (χ4n) is 3.44. The summed E-state index contributed by atoms with van der Waals surface area (Å²) in [6.07, 6.45) is 3.01. The molecule has 2 saturated carbocycles. The van der Waals surface area contributed by atoms with Gasteiger partial charge < -0.3 is 10.1 Å². The van der Waals surface area contributed by atoms with E-state index in [1.54, 1.807) is 6.92 Å². The van der Waals surface area contributed by atoms with E-state index >= 15 is 0 Å². The highest BCUT2D eigenvalue weighted by molar-refractivity contribution is 5.76. The molecule has 2 aliphatic carbocycles. The molecule has 0 spiro atoms. The second kappa shape index (κ2) is 4.56. The van der Waals surface area contributed by atoms with Crippen LogP contribution < -0.4 is 5.32 Å². The van der Waals surface area contributed by atoms with Crippen LogP contribution in [0.3, 0.4) is 0 Å². The smallest absolute Gasteiger partial charge is 0.309 e. The van der Waals surface area contributed by atoms with Crippen molar-refractivity contribution in [3.05, 3.63) is 0 Å². The average Bonchev–Trinajstić information content (AvgIpc) is 2.72. The summed E-state index contributed by atoms with van der Waals surface area (Å²) in [5.41, 5.74) is -0.428. The van der Waals surface area contributed by atoms with Crippen molar-refractivity contribution < 1.29 is 14.3 Å². The van der Waals surface area contributed by atoms with Crippen LogP contribution in [0.4, 0.5) is 0 Å². The van der Waals surface area contributed by atoms with Crippen molar-refractivity contribution in [2.45, 2.75) is 58.6 Å². The second-order valence-electron chi connectivity index (χ2n) is 6.60. The van der Waals surface area contributed by atoms with Crippen LogP contribution in [-0.4, -0.2) is 23.5 Å². The van der Waals surface area contributed by atoms with Crippen LogP contribution in [0, 0.1) is 17.8 Å². The summed E-state index contributed by atoms with van der Waals surface area (Å²) in [4.78, 5) is 23.3. The van der Waals surface area contributed by atoms with E-state index in [1.165, 1.54) is 0 Å². The van der Waals surface area contributed by atoms with Gasteiger partial charge in [0.25, 0.3) is 0 Å². The second-order valence-corrected chi connectivity index (χ2v) is 6.60. The number of carbonyl (C=O) groups excluding carboxylic acids is 2. The minimum atomic E-state index is -0.428. The van der Waals surface area contributed by atoms with Gasteiger partial charge in [0, 0.05) is 13.0 Å². The average molecular weight is 253 g/mol. The maximum absolute atomic E-state index is 12.1. The van der Waals surface area contributed by atoms with Crippen LogP contribution in [0.5, 0.6) is 0 Å². The van der Waals surface area contributed by atoms with Crippen LogP contribution in [0.1, 0.15) is 47.0 Å². The normalized spacial score (nSPS) is 34.4. The zero-order valence-electron chi connectivity index (χ0n) is 11.7. The molecule has 2 fully saturated rings. The highest BCUT2D eigenvalue weighted by atomic mass is 16.6. The van der Waals surface area contributed by atoms with Gasteiger partial charge in [0.2, 0.25) is 5.91 Å². The van der Waals surface area contributed by atoms with E-state index in [9.17, 15) is 9.59 Å². The van der Waals surface area contributed by atoms with Gasteiger partial charge in [-0.15, -0.1) is 0 Å². The predicted molar refractivity (Wildman–Crippen MR) is 67.8 cm³/mol. The number of fused-ring (bicyclic) bond motifs is 2. The third kappa shape index (κ3) is 2.68. The van der Waals surface area contributed by atoms with Gasteiger partial charge in [-0.2, -0.15) is 0 Å². The summed E-state index contributed by atoms with van der Waals surface area (Å²) in [6, 6.07) is 0.181. The minimum Gasteiger partial charge on any atom is -0.460 e. The lowest BCUT2D eigenvalue weighted by atomic mass is 9.88. The van der Waals surface area contributed by atoms with Crippen LogP contribution in [0.2, 0.25) is 0 Å². The lowest BCUT2D eigenvalue weighted by Gasteiger charge is -2.26. The number of hydrogen-bond donors (Lipinski definition) is 1. The number of amides is 1. The molecule has 0 saturated heterocycles. The summed E-state index contributed by atoms with van der Waals surface area (Å²) in [7, 11) is 0. The van der Waals surface area contributed by atoms with E-state index in [2.05, 4.69) is 5.32 Å². The van der Waals surface area contributed by atoms with Gasteiger partial charge in [0.15, 0.2) is 0 Å². The maximum atomic E-state index is 12.1. The molecule has 4 nitrogen and oxygen atoms in total. The number of ether oxygens (including phenoxy) is 1. The SMILES string of the molecule is CC(=O)NC1C2CCC1C(C(=O)OC(C)(C)C)C2. The zero-order valence-corrected chi connectivity index (χ0v) is 11.7. The number of rotatable bonds is 2. The third-order valence-corrected chi connectivity index (χ3v) is 3.99. The molecule has 1 N–H and O–H groups in total. The topological polar surface area (TPSA) is 55.4 Å². The fourth-order valence-corrected chi connectivity index (χ4v) is 3.44. The zero-order chi connectivity index (χ0) is 13.5. The largest absolute Gasteiger partial charge is 0.460 e. The van der Waals surface area contributed by atoms with Gasteiger partial charge >= 0.3 is 5.97 Å². The first-order valence-electron chi connectivity index (χ1n) is 6.78. The minimum absolute atomic E-state index is 0.00161. The Morgan fingerprint density at radius 2 is 1.89 bits per heavy atom. The van der Waals surface area contributed by atoms with Crippen LogP contribution in [-0.2, 0) is 14.3 Å². The molecule has 0 aliphatic heterocycles. The van der Waals surface area contributed by atoms with E-state index < -0.39 is 5.60 Å². The first kappa shape index (κ1) is 13.4. The highest BCUT2D eigenvalue weighted by Crippen LogP contribution is 2.49. The van der Waals surface area contributed by atoms with E-state index in [0.29, 0.717) is 5.92 Å². The molecule has 4 atom stereocenters.